The summed E-state index contributed by atoms with van der Waals surface area (Å²) in [4.78, 5) is 43.5. The zero-order chi connectivity index (χ0) is 21.4. The average molecular weight is 426 g/mol. The van der Waals surface area contributed by atoms with E-state index in [2.05, 4.69) is 23.1 Å². The highest BCUT2D eigenvalue weighted by Gasteiger charge is 2.47. The van der Waals surface area contributed by atoms with Gasteiger partial charge < -0.3 is 9.64 Å². The Hall–Kier alpha value is -2.41. The third kappa shape index (κ3) is 4.07. The third-order valence-corrected chi connectivity index (χ3v) is 7.37. The zero-order valence-corrected chi connectivity index (χ0v) is 18.1. The maximum atomic E-state index is 12.7. The number of imide groups is 1. The largest absolute Gasteiger partial charge is 0.493 e. The third-order valence-electron chi connectivity index (χ3n) is 7.37. The van der Waals surface area contributed by atoms with Crippen molar-refractivity contribution < 1.29 is 19.1 Å². The van der Waals surface area contributed by atoms with Crippen molar-refractivity contribution in [3.05, 3.63) is 29.3 Å². The van der Waals surface area contributed by atoms with Crippen LogP contribution in [0.5, 0.6) is 5.75 Å². The number of piperazine rings is 1. The molecule has 5 rings (SSSR count). The molecule has 1 aromatic carbocycles. The normalized spacial score (nSPS) is 26.1. The van der Waals surface area contributed by atoms with Crippen LogP contribution in [-0.4, -0.2) is 71.8 Å². The average Bonchev–Trinajstić information content (AvgIpc) is 3.35. The molecule has 31 heavy (non-hydrogen) atoms. The number of likely N-dealkylation sites (tertiary alicyclic amines) is 1. The molecular weight excluding hydrogens is 394 g/mol. The van der Waals surface area contributed by atoms with Gasteiger partial charge in [-0.3, -0.25) is 24.2 Å². The molecule has 3 amide bonds. The predicted molar refractivity (Wildman–Crippen MR) is 114 cm³/mol. The molecule has 0 spiro atoms. The quantitative estimate of drug-likeness (QED) is 0.674. The van der Waals surface area contributed by atoms with E-state index in [0.29, 0.717) is 13.1 Å². The molecule has 166 valence electrons. The van der Waals surface area contributed by atoms with Gasteiger partial charge in [-0.1, -0.05) is 25.0 Å². The van der Waals surface area contributed by atoms with E-state index in [1.54, 1.807) is 0 Å². The first-order valence-electron chi connectivity index (χ1n) is 11.7. The smallest absolute Gasteiger partial charge is 0.233 e. The molecule has 1 aromatic rings. The lowest BCUT2D eigenvalue weighted by Crippen LogP contribution is -2.49. The van der Waals surface area contributed by atoms with Crippen LogP contribution in [-0.2, 0) is 27.3 Å². The van der Waals surface area contributed by atoms with Crippen molar-refractivity contribution >= 4 is 17.7 Å². The van der Waals surface area contributed by atoms with Gasteiger partial charge in [0.05, 0.1) is 18.4 Å². The Balaban J connectivity index is 1.09. The van der Waals surface area contributed by atoms with Crippen LogP contribution in [0.15, 0.2) is 18.2 Å². The van der Waals surface area contributed by atoms with Gasteiger partial charge in [0, 0.05) is 52.1 Å². The summed E-state index contributed by atoms with van der Waals surface area (Å²) in [6.45, 7) is 4.96. The number of carbonyl (C=O) groups is 3. The molecule has 4 aliphatic rings. The molecule has 1 aliphatic carbocycles. The second-order valence-electron chi connectivity index (χ2n) is 9.27. The van der Waals surface area contributed by atoms with Gasteiger partial charge in [0.15, 0.2) is 0 Å². The molecule has 7 heteroatoms. The van der Waals surface area contributed by atoms with Crippen molar-refractivity contribution in [3.63, 3.8) is 0 Å². The number of hydrogen-bond acceptors (Lipinski definition) is 5. The highest BCUT2D eigenvalue weighted by molar-refractivity contribution is 6.05. The summed E-state index contributed by atoms with van der Waals surface area (Å²) in [5, 5.41) is 0. The topological polar surface area (TPSA) is 70.2 Å². The number of hydrogen-bond donors (Lipinski definition) is 0. The first kappa shape index (κ1) is 20.5. The number of rotatable bonds is 5. The first-order valence-corrected chi connectivity index (χ1v) is 11.7. The SMILES string of the molecule is O=C(CCN1C(=O)C2CCCCC2C1=O)N1CCN(Cc2ccc3c(c2)CCO3)CC1. The number of benzene rings is 1. The highest BCUT2D eigenvalue weighted by atomic mass is 16.5. The van der Waals surface area contributed by atoms with Crippen LogP contribution < -0.4 is 4.74 Å². The van der Waals surface area contributed by atoms with E-state index in [1.165, 1.54) is 16.0 Å². The highest BCUT2D eigenvalue weighted by Crippen LogP contribution is 2.38. The molecule has 2 saturated heterocycles. The van der Waals surface area contributed by atoms with Crippen molar-refractivity contribution in [2.75, 3.05) is 39.3 Å². The van der Waals surface area contributed by atoms with Gasteiger partial charge in [0.25, 0.3) is 0 Å². The summed E-state index contributed by atoms with van der Waals surface area (Å²) in [6, 6.07) is 6.43. The second kappa shape index (κ2) is 8.61. The number of nitrogens with zero attached hydrogens (tertiary/aromatic N) is 3. The van der Waals surface area contributed by atoms with Crippen LogP contribution in [0.4, 0.5) is 0 Å². The Labute approximate surface area is 183 Å². The zero-order valence-electron chi connectivity index (χ0n) is 18.1. The fraction of sp³-hybridized carbons (Fsp3) is 0.625. The summed E-state index contributed by atoms with van der Waals surface area (Å²) in [5.41, 5.74) is 2.58. The van der Waals surface area contributed by atoms with Crippen molar-refractivity contribution in [1.29, 1.82) is 0 Å². The Kier molecular flexibility index (Phi) is 5.69. The Morgan fingerprint density at radius 1 is 1.00 bits per heavy atom. The maximum absolute atomic E-state index is 12.7. The number of carbonyl (C=O) groups excluding carboxylic acids is 3. The van der Waals surface area contributed by atoms with Crippen molar-refractivity contribution in [3.8, 4) is 5.75 Å². The summed E-state index contributed by atoms with van der Waals surface area (Å²) >= 11 is 0. The van der Waals surface area contributed by atoms with Gasteiger partial charge in [-0.25, -0.2) is 0 Å². The van der Waals surface area contributed by atoms with Crippen LogP contribution in [0.2, 0.25) is 0 Å². The molecular formula is C24H31N3O4. The molecule has 0 N–H and O–H groups in total. The van der Waals surface area contributed by atoms with Crippen molar-refractivity contribution in [1.82, 2.24) is 14.7 Å². The summed E-state index contributed by atoms with van der Waals surface area (Å²) in [5.74, 6) is 0.689. The lowest BCUT2D eigenvalue weighted by atomic mass is 9.81. The maximum Gasteiger partial charge on any atom is 0.233 e. The molecule has 3 heterocycles. The lowest BCUT2D eigenvalue weighted by molar-refractivity contribution is -0.141. The summed E-state index contributed by atoms with van der Waals surface area (Å²) in [7, 11) is 0. The number of amides is 3. The van der Waals surface area contributed by atoms with Gasteiger partial charge in [0.2, 0.25) is 17.7 Å². The molecule has 3 aliphatic heterocycles. The van der Waals surface area contributed by atoms with E-state index in [1.807, 2.05) is 4.90 Å². The number of fused-ring (bicyclic) bond motifs is 2. The van der Waals surface area contributed by atoms with E-state index < -0.39 is 0 Å². The molecule has 0 bridgehead atoms. The fourth-order valence-electron chi connectivity index (χ4n) is 5.57. The molecule has 3 fully saturated rings. The predicted octanol–water partition coefficient (Wildman–Crippen LogP) is 1.83. The molecule has 2 atom stereocenters. The van der Waals surface area contributed by atoms with E-state index in [0.717, 1.165) is 64.1 Å². The summed E-state index contributed by atoms with van der Waals surface area (Å²) in [6.07, 6.45) is 4.90. The van der Waals surface area contributed by atoms with Gasteiger partial charge >= 0.3 is 0 Å². The Bertz CT molecular complexity index is 854. The van der Waals surface area contributed by atoms with Crippen LogP contribution >= 0.6 is 0 Å². The van der Waals surface area contributed by atoms with E-state index in [4.69, 9.17) is 4.74 Å². The Morgan fingerprint density at radius 2 is 1.71 bits per heavy atom. The van der Waals surface area contributed by atoms with E-state index >= 15 is 0 Å². The first-order chi connectivity index (χ1) is 15.1. The van der Waals surface area contributed by atoms with Gasteiger partial charge in [-0.15, -0.1) is 0 Å². The van der Waals surface area contributed by atoms with Gasteiger partial charge in [-0.2, -0.15) is 0 Å². The second-order valence-corrected chi connectivity index (χ2v) is 9.27. The lowest BCUT2D eigenvalue weighted by Gasteiger charge is -2.35. The van der Waals surface area contributed by atoms with Crippen LogP contribution in [0.3, 0.4) is 0 Å². The van der Waals surface area contributed by atoms with Crippen LogP contribution in [0.25, 0.3) is 0 Å². The molecule has 0 radical (unpaired) electrons. The molecule has 2 unspecified atom stereocenters. The van der Waals surface area contributed by atoms with E-state index in [9.17, 15) is 14.4 Å². The number of ether oxygens (including phenoxy) is 1. The fourth-order valence-corrected chi connectivity index (χ4v) is 5.57. The van der Waals surface area contributed by atoms with Crippen molar-refractivity contribution in [2.24, 2.45) is 11.8 Å². The van der Waals surface area contributed by atoms with Crippen LogP contribution in [0, 0.1) is 11.8 Å². The minimum absolute atomic E-state index is 0.0461. The minimum atomic E-state index is -0.134. The van der Waals surface area contributed by atoms with Gasteiger partial charge in [0.1, 0.15) is 5.75 Å². The van der Waals surface area contributed by atoms with Crippen molar-refractivity contribution in [2.45, 2.75) is 45.1 Å². The Morgan fingerprint density at radius 3 is 2.42 bits per heavy atom. The minimum Gasteiger partial charge on any atom is -0.493 e. The summed E-state index contributed by atoms with van der Waals surface area (Å²) < 4.78 is 5.58. The molecule has 0 aromatic heterocycles. The van der Waals surface area contributed by atoms with Crippen LogP contribution in [0.1, 0.15) is 43.2 Å². The van der Waals surface area contributed by atoms with Gasteiger partial charge in [-0.05, 0) is 30.0 Å². The molecule has 7 nitrogen and oxygen atoms in total. The standard InChI is InChI=1S/C24H31N3O4/c28-22(7-9-27-23(29)19-3-1-2-4-20(19)24(27)30)26-12-10-25(11-13-26)16-17-5-6-21-18(15-17)8-14-31-21/h5-6,15,19-20H,1-4,7-14,16H2. The molecule has 1 saturated carbocycles. The van der Waals surface area contributed by atoms with E-state index in [-0.39, 0.29) is 42.5 Å². The monoisotopic (exact) mass is 425 g/mol.